The van der Waals surface area contributed by atoms with Gasteiger partial charge in [-0.05, 0) is 37.3 Å². The van der Waals surface area contributed by atoms with Crippen LogP contribution in [-0.2, 0) is 6.54 Å². The first-order valence-electron chi connectivity index (χ1n) is 6.28. The lowest BCUT2D eigenvalue weighted by atomic mass is 10.0. The number of furan rings is 1. The van der Waals surface area contributed by atoms with E-state index in [4.69, 9.17) is 10.2 Å². The molecule has 1 amide bonds. The summed E-state index contributed by atoms with van der Waals surface area (Å²) in [6, 6.07) is 3.49. The second-order valence-corrected chi connectivity index (χ2v) is 4.80. The number of hydrogen-bond donors (Lipinski definition) is 1. The smallest absolute Gasteiger partial charge is 0.289 e. The quantitative estimate of drug-likeness (QED) is 0.854. The second-order valence-electron chi connectivity index (χ2n) is 4.80. The molecule has 4 nitrogen and oxygen atoms in total. The van der Waals surface area contributed by atoms with Crippen molar-refractivity contribution in [2.24, 2.45) is 11.7 Å². The average Bonchev–Trinajstić information content (AvgIpc) is 2.71. The molecule has 94 valence electrons. The van der Waals surface area contributed by atoms with Crippen molar-refractivity contribution in [2.45, 2.75) is 32.7 Å². The summed E-state index contributed by atoms with van der Waals surface area (Å²) < 4.78 is 5.40. The van der Waals surface area contributed by atoms with E-state index in [1.165, 1.54) is 6.42 Å². The van der Waals surface area contributed by atoms with Gasteiger partial charge in [-0.2, -0.15) is 0 Å². The molecule has 2 rings (SSSR count). The minimum Gasteiger partial charge on any atom is -0.455 e. The van der Waals surface area contributed by atoms with Gasteiger partial charge in [-0.25, -0.2) is 0 Å². The molecule has 1 unspecified atom stereocenters. The number of carbonyl (C=O) groups is 1. The van der Waals surface area contributed by atoms with E-state index in [2.05, 4.69) is 6.92 Å². The molecule has 0 bridgehead atoms. The van der Waals surface area contributed by atoms with Gasteiger partial charge in [-0.15, -0.1) is 0 Å². The molecule has 1 fully saturated rings. The zero-order chi connectivity index (χ0) is 12.3. The Hall–Kier alpha value is -1.29. The lowest BCUT2D eigenvalue weighted by molar-refractivity contribution is 0.0726. The van der Waals surface area contributed by atoms with Crippen LogP contribution in [0.5, 0.6) is 0 Å². The van der Waals surface area contributed by atoms with Crippen molar-refractivity contribution >= 4 is 5.91 Å². The van der Waals surface area contributed by atoms with Gasteiger partial charge in [0.1, 0.15) is 5.76 Å². The largest absolute Gasteiger partial charge is 0.455 e. The van der Waals surface area contributed by atoms with Gasteiger partial charge in [0.2, 0.25) is 0 Å². The Morgan fingerprint density at radius 1 is 1.47 bits per heavy atom. The van der Waals surface area contributed by atoms with E-state index in [0.29, 0.717) is 24.0 Å². The van der Waals surface area contributed by atoms with Crippen LogP contribution in [0.15, 0.2) is 16.5 Å². The first-order chi connectivity index (χ1) is 8.20. The van der Waals surface area contributed by atoms with Crippen LogP contribution in [0.2, 0.25) is 0 Å². The first-order valence-corrected chi connectivity index (χ1v) is 6.28. The van der Waals surface area contributed by atoms with E-state index in [0.717, 1.165) is 25.9 Å². The topological polar surface area (TPSA) is 59.5 Å². The number of nitrogens with two attached hydrogens (primary N) is 1. The molecule has 0 saturated carbocycles. The molecule has 2 heterocycles. The summed E-state index contributed by atoms with van der Waals surface area (Å²) >= 11 is 0. The van der Waals surface area contributed by atoms with Crippen LogP contribution in [0, 0.1) is 5.92 Å². The number of amides is 1. The summed E-state index contributed by atoms with van der Waals surface area (Å²) in [6.07, 6.45) is 3.36. The van der Waals surface area contributed by atoms with Crippen LogP contribution in [0.1, 0.15) is 42.5 Å². The van der Waals surface area contributed by atoms with Gasteiger partial charge in [0.15, 0.2) is 5.76 Å². The molecule has 1 aliphatic heterocycles. The van der Waals surface area contributed by atoms with Crippen LogP contribution in [0.4, 0.5) is 0 Å². The van der Waals surface area contributed by atoms with Gasteiger partial charge < -0.3 is 15.1 Å². The summed E-state index contributed by atoms with van der Waals surface area (Å²) in [6.45, 7) is 4.25. The van der Waals surface area contributed by atoms with Crippen molar-refractivity contribution in [3.8, 4) is 0 Å². The molecule has 0 aliphatic carbocycles. The number of nitrogens with zero attached hydrogens (tertiary/aromatic N) is 1. The van der Waals surface area contributed by atoms with E-state index in [1.807, 2.05) is 4.90 Å². The highest BCUT2D eigenvalue weighted by molar-refractivity contribution is 5.91. The maximum absolute atomic E-state index is 12.2. The lowest BCUT2D eigenvalue weighted by Crippen LogP contribution is -2.31. The standard InChI is InChI=1S/C13H20N2O2/c1-10-3-2-7-15(8-6-10)13(16)12-5-4-11(9-14)17-12/h4-5,10H,2-3,6-9,14H2,1H3. The third-order valence-corrected chi connectivity index (χ3v) is 3.38. The Kier molecular flexibility index (Phi) is 3.84. The van der Waals surface area contributed by atoms with E-state index in [1.54, 1.807) is 12.1 Å². The van der Waals surface area contributed by atoms with Crippen molar-refractivity contribution in [2.75, 3.05) is 13.1 Å². The second kappa shape index (κ2) is 5.36. The Morgan fingerprint density at radius 3 is 3.00 bits per heavy atom. The van der Waals surface area contributed by atoms with Gasteiger partial charge in [-0.1, -0.05) is 6.92 Å². The molecule has 0 aromatic carbocycles. The van der Waals surface area contributed by atoms with Crippen molar-refractivity contribution < 1.29 is 9.21 Å². The van der Waals surface area contributed by atoms with Gasteiger partial charge in [0, 0.05) is 13.1 Å². The molecule has 1 aromatic rings. The minimum atomic E-state index is -0.00111. The minimum absolute atomic E-state index is 0.00111. The normalized spacial score (nSPS) is 21.3. The maximum atomic E-state index is 12.2. The summed E-state index contributed by atoms with van der Waals surface area (Å²) in [4.78, 5) is 14.1. The van der Waals surface area contributed by atoms with Crippen molar-refractivity contribution in [3.05, 3.63) is 23.7 Å². The molecule has 0 spiro atoms. The van der Waals surface area contributed by atoms with Crippen LogP contribution < -0.4 is 5.73 Å². The van der Waals surface area contributed by atoms with E-state index in [9.17, 15) is 4.79 Å². The third kappa shape index (κ3) is 2.88. The van der Waals surface area contributed by atoms with Crippen LogP contribution in [-0.4, -0.2) is 23.9 Å². The third-order valence-electron chi connectivity index (χ3n) is 3.38. The zero-order valence-corrected chi connectivity index (χ0v) is 10.3. The monoisotopic (exact) mass is 236 g/mol. The molecule has 1 aliphatic rings. The number of hydrogen-bond acceptors (Lipinski definition) is 3. The molecule has 2 N–H and O–H groups in total. The van der Waals surface area contributed by atoms with E-state index in [-0.39, 0.29) is 5.91 Å². The fourth-order valence-electron chi connectivity index (χ4n) is 2.22. The average molecular weight is 236 g/mol. The summed E-state index contributed by atoms with van der Waals surface area (Å²) in [5.74, 6) is 1.79. The predicted molar refractivity (Wildman–Crippen MR) is 65.5 cm³/mol. The number of rotatable bonds is 2. The Bertz CT molecular complexity index is 387. The van der Waals surface area contributed by atoms with Crippen molar-refractivity contribution in [1.29, 1.82) is 0 Å². The zero-order valence-electron chi connectivity index (χ0n) is 10.3. The maximum Gasteiger partial charge on any atom is 0.289 e. The molecule has 1 saturated heterocycles. The highest BCUT2D eigenvalue weighted by Gasteiger charge is 2.21. The molecule has 1 atom stereocenters. The lowest BCUT2D eigenvalue weighted by Gasteiger charge is -2.18. The Balaban J connectivity index is 2.03. The molecule has 4 heteroatoms. The predicted octanol–water partition coefficient (Wildman–Crippen LogP) is 2.00. The van der Waals surface area contributed by atoms with Crippen LogP contribution >= 0.6 is 0 Å². The first kappa shape index (κ1) is 12.2. The SMILES string of the molecule is CC1CCCN(C(=O)c2ccc(CN)o2)CC1. The van der Waals surface area contributed by atoms with Crippen molar-refractivity contribution in [1.82, 2.24) is 4.90 Å². The van der Waals surface area contributed by atoms with Gasteiger partial charge in [0.25, 0.3) is 5.91 Å². The molecule has 0 radical (unpaired) electrons. The summed E-state index contributed by atoms with van der Waals surface area (Å²) in [5, 5.41) is 0. The van der Waals surface area contributed by atoms with Gasteiger partial charge >= 0.3 is 0 Å². The highest BCUT2D eigenvalue weighted by atomic mass is 16.4. The number of likely N-dealkylation sites (tertiary alicyclic amines) is 1. The number of carbonyl (C=O) groups excluding carboxylic acids is 1. The van der Waals surface area contributed by atoms with Crippen LogP contribution in [0.25, 0.3) is 0 Å². The highest BCUT2D eigenvalue weighted by Crippen LogP contribution is 2.19. The van der Waals surface area contributed by atoms with Crippen LogP contribution in [0.3, 0.4) is 0 Å². The fraction of sp³-hybridized carbons (Fsp3) is 0.615. The fourth-order valence-corrected chi connectivity index (χ4v) is 2.22. The molecule has 17 heavy (non-hydrogen) atoms. The molecule has 1 aromatic heterocycles. The summed E-state index contributed by atoms with van der Waals surface area (Å²) in [7, 11) is 0. The summed E-state index contributed by atoms with van der Waals surface area (Å²) in [5.41, 5.74) is 5.47. The Labute approximate surface area is 102 Å². The van der Waals surface area contributed by atoms with Gasteiger partial charge in [-0.3, -0.25) is 4.79 Å². The molecular weight excluding hydrogens is 216 g/mol. The molecular formula is C13H20N2O2. The van der Waals surface area contributed by atoms with E-state index >= 15 is 0 Å². The van der Waals surface area contributed by atoms with E-state index < -0.39 is 0 Å². The Morgan fingerprint density at radius 2 is 2.29 bits per heavy atom. The van der Waals surface area contributed by atoms with Gasteiger partial charge in [0.05, 0.1) is 6.54 Å². The van der Waals surface area contributed by atoms with Crippen molar-refractivity contribution in [3.63, 3.8) is 0 Å².